The molecule has 3 heterocycles. The molecular formula is C16H19N5OS. The highest BCUT2D eigenvalue weighted by Gasteiger charge is 2.15. The first kappa shape index (κ1) is 15.8. The number of rotatable bonds is 6. The van der Waals surface area contributed by atoms with E-state index in [2.05, 4.69) is 38.5 Å². The van der Waals surface area contributed by atoms with Crippen molar-refractivity contribution in [3.05, 3.63) is 46.8 Å². The smallest absolute Gasteiger partial charge is 0.151 e. The molecule has 0 fully saturated rings. The molecular weight excluding hydrogens is 310 g/mol. The monoisotopic (exact) mass is 329 g/mol. The molecule has 7 heteroatoms. The van der Waals surface area contributed by atoms with E-state index in [4.69, 9.17) is 4.52 Å². The quantitative estimate of drug-likeness (QED) is 0.691. The number of aromatic nitrogens is 4. The molecule has 0 spiro atoms. The lowest BCUT2D eigenvalue weighted by molar-refractivity contribution is 0.268. The van der Waals surface area contributed by atoms with Crippen molar-refractivity contribution in [1.29, 1.82) is 0 Å². The first-order valence-corrected chi connectivity index (χ1v) is 8.27. The van der Waals surface area contributed by atoms with Gasteiger partial charge in [0.2, 0.25) is 0 Å². The lowest BCUT2D eigenvalue weighted by Gasteiger charge is -2.14. The molecule has 0 unspecified atom stereocenters. The first-order chi connectivity index (χ1) is 11.1. The summed E-state index contributed by atoms with van der Waals surface area (Å²) in [6.07, 6.45) is 1.75. The number of hydrogen-bond acceptors (Lipinski definition) is 7. The number of hydrogen-bond donors (Lipinski definition) is 0. The third kappa shape index (κ3) is 3.80. The van der Waals surface area contributed by atoms with E-state index in [9.17, 15) is 0 Å². The normalized spacial score (nSPS) is 11.5. The molecule has 0 aliphatic rings. The third-order valence-electron chi connectivity index (χ3n) is 3.46. The minimum Gasteiger partial charge on any atom is -0.359 e. The Labute approximate surface area is 139 Å². The van der Waals surface area contributed by atoms with Crippen LogP contribution in [0, 0.1) is 0 Å². The van der Waals surface area contributed by atoms with Gasteiger partial charge in [-0.1, -0.05) is 29.6 Å². The lowest BCUT2D eigenvalue weighted by Crippen LogP contribution is -2.17. The SMILES string of the molecule is CC(C)c1nnsc1CN(C)Cc1cc(-c2ccccn2)no1. The zero-order valence-corrected chi connectivity index (χ0v) is 14.2. The van der Waals surface area contributed by atoms with Gasteiger partial charge in [-0.3, -0.25) is 9.88 Å². The summed E-state index contributed by atoms with van der Waals surface area (Å²) < 4.78 is 9.50. The third-order valence-corrected chi connectivity index (χ3v) is 4.18. The molecule has 120 valence electrons. The Bertz CT molecular complexity index is 753. The van der Waals surface area contributed by atoms with E-state index >= 15 is 0 Å². The summed E-state index contributed by atoms with van der Waals surface area (Å²) in [5, 5.41) is 8.31. The van der Waals surface area contributed by atoms with E-state index < -0.39 is 0 Å². The zero-order chi connectivity index (χ0) is 16.2. The van der Waals surface area contributed by atoms with Crippen molar-refractivity contribution in [2.75, 3.05) is 7.05 Å². The molecule has 0 aliphatic heterocycles. The van der Waals surface area contributed by atoms with Crippen molar-refractivity contribution in [2.24, 2.45) is 0 Å². The van der Waals surface area contributed by atoms with Gasteiger partial charge in [-0.25, -0.2) is 0 Å². The van der Waals surface area contributed by atoms with Gasteiger partial charge < -0.3 is 4.52 Å². The Kier molecular flexibility index (Phi) is 4.78. The minimum atomic E-state index is 0.387. The molecule has 3 aromatic rings. The Hall–Kier alpha value is -2.12. The fourth-order valence-electron chi connectivity index (χ4n) is 2.35. The second-order valence-corrected chi connectivity index (χ2v) is 6.64. The van der Waals surface area contributed by atoms with Crippen molar-refractivity contribution in [1.82, 2.24) is 24.6 Å². The Morgan fingerprint density at radius 3 is 2.83 bits per heavy atom. The van der Waals surface area contributed by atoms with Crippen LogP contribution < -0.4 is 0 Å². The van der Waals surface area contributed by atoms with E-state index in [0.717, 1.165) is 29.4 Å². The van der Waals surface area contributed by atoms with Crippen molar-refractivity contribution in [3.63, 3.8) is 0 Å². The minimum absolute atomic E-state index is 0.387. The summed E-state index contributed by atoms with van der Waals surface area (Å²) in [4.78, 5) is 7.65. The largest absolute Gasteiger partial charge is 0.359 e. The van der Waals surface area contributed by atoms with Gasteiger partial charge >= 0.3 is 0 Å². The zero-order valence-electron chi connectivity index (χ0n) is 13.4. The number of nitrogens with zero attached hydrogens (tertiary/aromatic N) is 5. The average molecular weight is 329 g/mol. The van der Waals surface area contributed by atoms with Crippen LogP contribution in [0.15, 0.2) is 35.0 Å². The van der Waals surface area contributed by atoms with Crippen LogP contribution in [0.4, 0.5) is 0 Å². The van der Waals surface area contributed by atoms with Crippen molar-refractivity contribution < 1.29 is 4.52 Å². The summed E-state index contributed by atoms with van der Waals surface area (Å²) in [6, 6.07) is 7.68. The van der Waals surface area contributed by atoms with Crippen molar-refractivity contribution >= 4 is 11.5 Å². The van der Waals surface area contributed by atoms with Gasteiger partial charge in [0.15, 0.2) is 5.76 Å². The first-order valence-electron chi connectivity index (χ1n) is 7.50. The molecule has 0 saturated heterocycles. The van der Waals surface area contributed by atoms with Gasteiger partial charge in [-0.2, -0.15) is 0 Å². The summed E-state index contributed by atoms with van der Waals surface area (Å²) in [5.74, 6) is 1.20. The fourth-order valence-corrected chi connectivity index (χ4v) is 3.23. The van der Waals surface area contributed by atoms with E-state index in [1.54, 1.807) is 6.20 Å². The van der Waals surface area contributed by atoms with Crippen LogP contribution >= 0.6 is 11.5 Å². The van der Waals surface area contributed by atoms with Crippen LogP contribution in [-0.4, -0.2) is 31.7 Å². The molecule has 0 aromatic carbocycles. The Balaban J connectivity index is 1.65. The molecule has 23 heavy (non-hydrogen) atoms. The predicted octanol–water partition coefficient (Wildman–Crippen LogP) is 3.34. The molecule has 0 atom stereocenters. The van der Waals surface area contributed by atoms with Crippen molar-refractivity contribution in [2.45, 2.75) is 32.9 Å². The summed E-state index contributed by atoms with van der Waals surface area (Å²) in [6.45, 7) is 5.74. The molecule has 0 amide bonds. The maximum Gasteiger partial charge on any atom is 0.151 e. The molecule has 3 rings (SSSR count). The second-order valence-electron chi connectivity index (χ2n) is 5.80. The number of pyridine rings is 1. The van der Waals surface area contributed by atoms with Crippen LogP contribution in [0.25, 0.3) is 11.4 Å². The fraction of sp³-hybridized carbons (Fsp3) is 0.375. The highest BCUT2D eigenvalue weighted by molar-refractivity contribution is 7.05. The average Bonchev–Trinajstić information content (AvgIpc) is 3.17. The van der Waals surface area contributed by atoms with Gasteiger partial charge in [0.05, 0.1) is 22.8 Å². The van der Waals surface area contributed by atoms with Gasteiger partial charge in [-0.15, -0.1) is 5.10 Å². The van der Waals surface area contributed by atoms with Crippen LogP contribution in [0.1, 0.15) is 36.1 Å². The highest BCUT2D eigenvalue weighted by atomic mass is 32.1. The molecule has 0 radical (unpaired) electrons. The summed E-state index contributed by atoms with van der Waals surface area (Å²) in [5.41, 5.74) is 2.66. The van der Waals surface area contributed by atoms with Gasteiger partial charge in [-0.05, 0) is 36.6 Å². The van der Waals surface area contributed by atoms with E-state index in [0.29, 0.717) is 12.5 Å². The molecule has 6 nitrogen and oxygen atoms in total. The molecule has 0 aliphatic carbocycles. The maximum absolute atomic E-state index is 5.43. The van der Waals surface area contributed by atoms with E-state index in [1.807, 2.05) is 31.3 Å². The van der Waals surface area contributed by atoms with Crippen LogP contribution in [0.5, 0.6) is 0 Å². The Morgan fingerprint density at radius 2 is 2.09 bits per heavy atom. The molecule has 0 bridgehead atoms. The van der Waals surface area contributed by atoms with Crippen LogP contribution in [0.3, 0.4) is 0 Å². The molecule has 0 N–H and O–H groups in total. The molecule has 0 saturated carbocycles. The summed E-state index contributed by atoms with van der Waals surface area (Å²) in [7, 11) is 2.05. The van der Waals surface area contributed by atoms with Crippen LogP contribution in [0.2, 0.25) is 0 Å². The van der Waals surface area contributed by atoms with Gasteiger partial charge in [0.25, 0.3) is 0 Å². The maximum atomic E-state index is 5.43. The Morgan fingerprint density at radius 1 is 1.22 bits per heavy atom. The standard InChI is InChI=1S/C16H19N5OS/c1-11(2)16-15(23-20-18-16)10-21(3)9-12-8-14(19-22-12)13-6-4-5-7-17-13/h4-8,11H,9-10H2,1-3H3. The van der Waals surface area contributed by atoms with E-state index in [1.165, 1.54) is 16.4 Å². The lowest BCUT2D eigenvalue weighted by atomic mass is 10.1. The molecule has 3 aromatic heterocycles. The highest BCUT2D eigenvalue weighted by Crippen LogP contribution is 2.22. The van der Waals surface area contributed by atoms with Crippen molar-refractivity contribution in [3.8, 4) is 11.4 Å². The van der Waals surface area contributed by atoms with E-state index in [-0.39, 0.29) is 0 Å². The van der Waals surface area contributed by atoms with Gasteiger partial charge in [0.1, 0.15) is 5.69 Å². The van der Waals surface area contributed by atoms with Crippen LogP contribution in [-0.2, 0) is 13.1 Å². The predicted molar refractivity (Wildman–Crippen MR) is 88.9 cm³/mol. The van der Waals surface area contributed by atoms with Gasteiger partial charge in [0, 0.05) is 18.8 Å². The second kappa shape index (κ2) is 6.97. The topological polar surface area (TPSA) is 67.9 Å². The summed E-state index contributed by atoms with van der Waals surface area (Å²) >= 11 is 1.46.